The molecule has 122 valence electrons. The van der Waals surface area contributed by atoms with Gasteiger partial charge in [0.25, 0.3) is 0 Å². The van der Waals surface area contributed by atoms with Crippen molar-refractivity contribution in [3.05, 3.63) is 36.5 Å². The van der Waals surface area contributed by atoms with E-state index < -0.39 is 0 Å². The normalized spacial score (nSPS) is 15.9. The molecule has 0 aliphatic carbocycles. The van der Waals surface area contributed by atoms with Crippen molar-refractivity contribution in [2.45, 2.75) is 37.3 Å². The van der Waals surface area contributed by atoms with Crippen molar-refractivity contribution in [2.75, 3.05) is 18.8 Å². The maximum Gasteiger partial charge on any atom is 0.233 e. The van der Waals surface area contributed by atoms with E-state index in [0.29, 0.717) is 5.75 Å². The first kappa shape index (κ1) is 16.1. The summed E-state index contributed by atoms with van der Waals surface area (Å²) in [4.78, 5) is 22.1. The highest BCUT2D eigenvalue weighted by atomic mass is 32.2. The lowest BCUT2D eigenvalue weighted by Gasteiger charge is -2.24. The second kappa shape index (κ2) is 8.20. The minimum atomic E-state index is 0.231. The molecule has 1 aliphatic heterocycles. The molecule has 0 spiro atoms. The lowest BCUT2D eigenvalue weighted by molar-refractivity contribution is -0.128. The van der Waals surface area contributed by atoms with Crippen molar-refractivity contribution >= 4 is 17.7 Å². The Labute approximate surface area is 141 Å². The van der Waals surface area contributed by atoms with Gasteiger partial charge >= 0.3 is 0 Å². The molecule has 0 unspecified atom stereocenters. The van der Waals surface area contributed by atoms with Gasteiger partial charge in [-0.3, -0.25) is 4.79 Å². The smallest absolute Gasteiger partial charge is 0.233 e. The first-order chi connectivity index (χ1) is 11.3. The van der Waals surface area contributed by atoms with Crippen molar-refractivity contribution in [1.82, 2.24) is 14.9 Å². The number of H-pyrrole nitrogens is 1. The highest BCUT2D eigenvalue weighted by Gasteiger charge is 2.15. The number of hydrogen-bond donors (Lipinski definition) is 1. The minimum absolute atomic E-state index is 0.231. The fourth-order valence-corrected chi connectivity index (χ4v) is 3.61. The van der Waals surface area contributed by atoms with E-state index in [1.807, 2.05) is 41.4 Å². The maximum atomic E-state index is 12.4. The molecular weight excluding hydrogens is 306 g/mol. The highest BCUT2D eigenvalue weighted by Crippen LogP contribution is 2.21. The van der Waals surface area contributed by atoms with E-state index in [1.165, 1.54) is 31.0 Å². The number of likely N-dealkylation sites (tertiary alicyclic amines) is 1. The summed E-state index contributed by atoms with van der Waals surface area (Å²) in [5, 5.41) is 0.809. The van der Waals surface area contributed by atoms with Crippen LogP contribution in [-0.2, 0) is 4.79 Å². The summed E-state index contributed by atoms with van der Waals surface area (Å²) in [7, 11) is 0. The zero-order chi connectivity index (χ0) is 15.9. The van der Waals surface area contributed by atoms with Crippen LogP contribution in [0.15, 0.2) is 41.7 Å². The third kappa shape index (κ3) is 4.61. The van der Waals surface area contributed by atoms with Crippen molar-refractivity contribution in [3.63, 3.8) is 0 Å². The monoisotopic (exact) mass is 329 g/mol. The molecule has 0 bridgehead atoms. The first-order valence-electron chi connectivity index (χ1n) is 8.34. The van der Waals surface area contributed by atoms with Gasteiger partial charge in [-0.05, 0) is 18.4 Å². The van der Waals surface area contributed by atoms with Gasteiger partial charge in [-0.15, -0.1) is 0 Å². The molecule has 2 aromatic rings. The predicted molar refractivity (Wildman–Crippen MR) is 94.4 cm³/mol. The van der Waals surface area contributed by atoms with Gasteiger partial charge in [0.2, 0.25) is 5.91 Å². The van der Waals surface area contributed by atoms with Gasteiger partial charge in [0.05, 0.1) is 17.6 Å². The number of thioether (sulfide) groups is 1. The van der Waals surface area contributed by atoms with Crippen LogP contribution >= 0.6 is 11.8 Å². The number of carbonyl (C=O) groups excluding carboxylic acids is 1. The number of aromatic nitrogens is 2. The first-order valence-corrected chi connectivity index (χ1v) is 9.32. The van der Waals surface area contributed by atoms with Crippen molar-refractivity contribution < 1.29 is 4.79 Å². The summed E-state index contributed by atoms with van der Waals surface area (Å²) >= 11 is 1.49. The molecule has 5 heteroatoms. The molecule has 23 heavy (non-hydrogen) atoms. The van der Waals surface area contributed by atoms with E-state index in [4.69, 9.17) is 0 Å². The third-order valence-electron chi connectivity index (χ3n) is 4.18. The molecule has 1 amide bonds. The van der Waals surface area contributed by atoms with Crippen molar-refractivity contribution in [2.24, 2.45) is 0 Å². The second-order valence-electron chi connectivity index (χ2n) is 5.91. The summed E-state index contributed by atoms with van der Waals surface area (Å²) < 4.78 is 0. The summed E-state index contributed by atoms with van der Waals surface area (Å²) in [5.74, 6) is 0.691. The minimum Gasteiger partial charge on any atom is -0.342 e. The Morgan fingerprint density at radius 2 is 1.78 bits per heavy atom. The zero-order valence-electron chi connectivity index (χ0n) is 13.3. The summed E-state index contributed by atoms with van der Waals surface area (Å²) in [6, 6.07) is 10.1. The summed E-state index contributed by atoms with van der Waals surface area (Å²) in [5.41, 5.74) is 2.11. The number of nitrogens with zero attached hydrogens (tertiary/aromatic N) is 2. The Balaban J connectivity index is 1.53. The molecule has 1 saturated heterocycles. The molecule has 0 atom stereocenters. The Bertz CT molecular complexity index is 618. The van der Waals surface area contributed by atoms with Gasteiger partial charge in [0.15, 0.2) is 5.16 Å². The fourth-order valence-electron chi connectivity index (χ4n) is 2.86. The molecule has 1 aromatic heterocycles. The van der Waals surface area contributed by atoms with Crippen LogP contribution in [0.3, 0.4) is 0 Å². The van der Waals surface area contributed by atoms with Crippen LogP contribution in [0.25, 0.3) is 11.3 Å². The average molecular weight is 329 g/mol. The Morgan fingerprint density at radius 1 is 1.09 bits per heavy atom. The Hall–Kier alpha value is -1.75. The van der Waals surface area contributed by atoms with Crippen LogP contribution in [0, 0.1) is 0 Å². The molecule has 4 nitrogen and oxygen atoms in total. The van der Waals surface area contributed by atoms with Crippen LogP contribution in [-0.4, -0.2) is 39.6 Å². The van der Waals surface area contributed by atoms with Gasteiger partial charge in [0.1, 0.15) is 0 Å². The van der Waals surface area contributed by atoms with E-state index in [9.17, 15) is 4.79 Å². The fraction of sp³-hybridized carbons (Fsp3) is 0.444. The van der Waals surface area contributed by atoms with Gasteiger partial charge in [-0.2, -0.15) is 0 Å². The van der Waals surface area contributed by atoms with Crippen molar-refractivity contribution in [1.29, 1.82) is 0 Å². The number of nitrogens with one attached hydrogen (secondary N) is 1. The van der Waals surface area contributed by atoms with E-state index >= 15 is 0 Å². The molecule has 1 aromatic carbocycles. The summed E-state index contributed by atoms with van der Waals surface area (Å²) in [6.07, 6.45) is 7.90. The molecular formula is C18H23N3OS. The van der Waals surface area contributed by atoms with Crippen LogP contribution in [0.2, 0.25) is 0 Å². The van der Waals surface area contributed by atoms with E-state index in [0.717, 1.165) is 42.3 Å². The van der Waals surface area contributed by atoms with Crippen LogP contribution < -0.4 is 0 Å². The van der Waals surface area contributed by atoms with Gasteiger partial charge in [0, 0.05) is 13.1 Å². The second-order valence-corrected chi connectivity index (χ2v) is 6.87. The molecule has 1 fully saturated rings. The SMILES string of the molecule is O=C(CSc1ncc(-c2ccccc2)[nH]1)N1CCCCCCC1. The Kier molecular flexibility index (Phi) is 5.75. The number of imidazole rings is 1. The standard InChI is InChI=1S/C18H23N3OS/c22-17(21-11-7-2-1-3-8-12-21)14-23-18-19-13-16(20-18)15-9-5-4-6-10-15/h4-6,9-10,13H,1-3,7-8,11-12,14H2,(H,19,20). The number of carbonyl (C=O) groups is 1. The van der Waals surface area contributed by atoms with E-state index in [1.54, 1.807) is 0 Å². The number of rotatable bonds is 4. The zero-order valence-corrected chi connectivity index (χ0v) is 14.1. The van der Waals surface area contributed by atoms with E-state index in [-0.39, 0.29) is 5.91 Å². The topological polar surface area (TPSA) is 49.0 Å². The van der Waals surface area contributed by atoms with Crippen molar-refractivity contribution in [3.8, 4) is 11.3 Å². The van der Waals surface area contributed by atoms with Crippen LogP contribution in [0.4, 0.5) is 0 Å². The quantitative estimate of drug-likeness (QED) is 0.864. The number of aromatic amines is 1. The Morgan fingerprint density at radius 3 is 2.52 bits per heavy atom. The number of benzene rings is 1. The predicted octanol–water partition coefficient (Wildman–Crippen LogP) is 3.96. The largest absolute Gasteiger partial charge is 0.342 e. The number of hydrogen-bond acceptors (Lipinski definition) is 3. The molecule has 0 radical (unpaired) electrons. The molecule has 2 heterocycles. The molecule has 0 saturated carbocycles. The number of amides is 1. The van der Waals surface area contributed by atoms with Crippen LogP contribution in [0.1, 0.15) is 32.1 Å². The lowest BCUT2D eigenvalue weighted by Crippen LogP contribution is -2.35. The lowest BCUT2D eigenvalue weighted by atomic mass is 10.1. The van der Waals surface area contributed by atoms with Gasteiger partial charge < -0.3 is 9.88 Å². The summed E-state index contributed by atoms with van der Waals surface area (Å²) in [6.45, 7) is 1.82. The maximum absolute atomic E-state index is 12.4. The van der Waals surface area contributed by atoms with Gasteiger partial charge in [-0.25, -0.2) is 4.98 Å². The third-order valence-corrected chi connectivity index (χ3v) is 5.05. The van der Waals surface area contributed by atoms with E-state index in [2.05, 4.69) is 9.97 Å². The molecule has 1 aliphatic rings. The van der Waals surface area contributed by atoms with Crippen LogP contribution in [0.5, 0.6) is 0 Å². The molecule has 3 rings (SSSR count). The van der Waals surface area contributed by atoms with Gasteiger partial charge in [-0.1, -0.05) is 61.4 Å². The highest BCUT2D eigenvalue weighted by molar-refractivity contribution is 7.99. The average Bonchev–Trinajstić information content (AvgIpc) is 3.02. The molecule has 1 N–H and O–H groups in total.